The monoisotopic (exact) mass is 362 g/mol. The highest BCUT2D eigenvalue weighted by Crippen LogP contribution is 2.54. The summed E-state index contributed by atoms with van der Waals surface area (Å²) in [6.07, 6.45) is 2.47. The van der Waals surface area contributed by atoms with Gasteiger partial charge in [0, 0.05) is 37.5 Å². The average Bonchev–Trinajstić information content (AvgIpc) is 2.96. The van der Waals surface area contributed by atoms with Crippen LogP contribution in [0.25, 0.3) is 0 Å². The van der Waals surface area contributed by atoms with Crippen LogP contribution in [0.15, 0.2) is 11.7 Å². The number of rotatable bonds is 3. The predicted molar refractivity (Wildman–Crippen MR) is 91.6 cm³/mol. The maximum atomic E-state index is 12.6. The number of likely N-dealkylation sites (tertiary alicyclic amines) is 2. The molecule has 4 rings (SSSR count). The van der Waals surface area contributed by atoms with Gasteiger partial charge in [0.1, 0.15) is 4.88 Å². The molecule has 1 unspecified atom stereocenters. The number of aromatic nitrogens is 1. The molecule has 1 saturated carbocycles. The second-order valence-electron chi connectivity index (χ2n) is 8.31. The van der Waals surface area contributed by atoms with Gasteiger partial charge in [0.05, 0.1) is 17.6 Å². The largest absolute Gasteiger partial charge is 0.369 e. The zero-order chi connectivity index (χ0) is 18.0. The molecule has 8 heteroatoms. The quantitative estimate of drug-likeness (QED) is 0.850. The Bertz CT molecular complexity index is 739. The Labute approximate surface area is 150 Å². The summed E-state index contributed by atoms with van der Waals surface area (Å²) in [6.45, 7) is 6.01. The molecule has 3 amide bonds. The van der Waals surface area contributed by atoms with Gasteiger partial charge in [-0.15, -0.1) is 11.3 Å². The van der Waals surface area contributed by atoms with Gasteiger partial charge in [0.25, 0.3) is 5.91 Å². The number of carbonyl (C=O) groups excluding carboxylic acids is 3. The first kappa shape index (κ1) is 16.5. The van der Waals surface area contributed by atoms with Gasteiger partial charge in [-0.25, -0.2) is 0 Å². The highest BCUT2D eigenvalue weighted by molar-refractivity contribution is 7.11. The minimum atomic E-state index is -0.402. The molecule has 2 saturated heterocycles. The summed E-state index contributed by atoms with van der Waals surface area (Å²) in [5, 5.41) is 0. The minimum Gasteiger partial charge on any atom is -0.369 e. The summed E-state index contributed by atoms with van der Waals surface area (Å²) in [4.78, 5) is 45.1. The number of amides is 3. The van der Waals surface area contributed by atoms with Crippen molar-refractivity contribution in [2.45, 2.75) is 20.3 Å². The molecule has 3 fully saturated rings. The zero-order valence-corrected chi connectivity index (χ0v) is 15.2. The Morgan fingerprint density at radius 2 is 1.84 bits per heavy atom. The van der Waals surface area contributed by atoms with Crippen LogP contribution in [0.5, 0.6) is 0 Å². The van der Waals surface area contributed by atoms with Crippen LogP contribution >= 0.6 is 11.3 Å². The maximum absolute atomic E-state index is 12.6. The SMILES string of the molecule is CC1(C)C[C@@H]1C(=O)N1CC2(CN(C(=O)c3cncs3)CC2C(N)=O)C1. The number of hydrogen-bond donors (Lipinski definition) is 1. The van der Waals surface area contributed by atoms with Crippen LogP contribution in [0.4, 0.5) is 0 Å². The fraction of sp³-hybridized carbons (Fsp3) is 0.647. The van der Waals surface area contributed by atoms with Crippen LogP contribution < -0.4 is 5.73 Å². The number of thiazole rings is 1. The molecule has 0 aromatic carbocycles. The van der Waals surface area contributed by atoms with E-state index in [1.807, 2.05) is 4.90 Å². The lowest BCUT2D eigenvalue weighted by molar-refractivity contribution is -0.150. The van der Waals surface area contributed by atoms with Crippen molar-refractivity contribution < 1.29 is 14.4 Å². The highest BCUT2D eigenvalue weighted by atomic mass is 32.1. The molecule has 1 aromatic rings. The highest BCUT2D eigenvalue weighted by Gasteiger charge is 2.61. The lowest BCUT2D eigenvalue weighted by Crippen LogP contribution is -2.64. The van der Waals surface area contributed by atoms with Crippen LogP contribution in [-0.2, 0) is 9.59 Å². The van der Waals surface area contributed by atoms with E-state index in [-0.39, 0.29) is 28.6 Å². The molecule has 0 radical (unpaired) electrons. The van der Waals surface area contributed by atoms with Crippen LogP contribution in [-0.4, -0.2) is 58.7 Å². The van der Waals surface area contributed by atoms with Crippen molar-refractivity contribution in [3.8, 4) is 0 Å². The molecule has 2 atom stereocenters. The molecule has 134 valence electrons. The molecule has 7 nitrogen and oxygen atoms in total. The Balaban J connectivity index is 1.47. The summed E-state index contributed by atoms with van der Waals surface area (Å²) < 4.78 is 0. The van der Waals surface area contributed by atoms with E-state index in [9.17, 15) is 14.4 Å². The van der Waals surface area contributed by atoms with Gasteiger partial charge in [-0.3, -0.25) is 19.4 Å². The van der Waals surface area contributed by atoms with Crippen molar-refractivity contribution in [3.63, 3.8) is 0 Å². The van der Waals surface area contributed by atoms with Gasteiger partial charge in [-0.2, -0.15) is 0 Å². The fourth-order valence-corrected chi connectivity index (χ4v) is 4.88. The van der Waals surface area contributed by atoms with Gasteiger partial charge in [0.15, 0.2) is 0 Å². The second-order valence-corrected chi connectivity index (χ2v) is 9.19. The normalized spacial score (nSPS) is 28.7. The van der Waals surface area contributed by atoms with E-state index in [4.69, 9.17) is 5.73 Å². The number of primary amides is 1. The third-order valence-corrected chi connectivity index (χ3v) is 6.82. The van der Waals surface area contributed by atoms with Crippen molar-refractivity contribution in [2.75, 3.05) is 26.2 Å². The van der Waals surface area contributed by atoms with Crippen molar-refractivity contribution in [3.05, 3.63) is 16.6 Å². The van der Waals surface area contributed by atoms with Gasteiger partial charge in [-0.1, -0.05) is 13.8 Å². The molecular weight excluding hydrogens is 340 g/mol. The predicted octanol–water partition coefficient (Wildman–Crippen LogP) is 0.575. The number of carbonyl (C=O) groups is 3. The Hall–Kier alpha value is -1.96. The number of nitrogens with zero attached hydrogens (tertiary/aromatic N) is 3. The van der Waals surface area contributed by atoms with Crippen molar-refractivity contribution in [1.29, 1.82) is 0 Å². The van der Waals surface area contributed by atoms with Gasteiger partial charge < -0.3 is 15.5 Å². The van der Waals surface area contributed by atoms with Crippen molar-refractivity contribution >= 4 is 29.1 Å². The lowest BCUT2D eigenvalue weighted by atomic mass is 9.71. The molecule has 1 spiro atoms. The molecular formula is C17H22N4O3S. The van der Waals surface area contributed by atoms with Crippen LogP contribution in [0, 0.1) is 22.7 Å². The fourth-order valence-electron chi connectivity index (χ4n) is 4.29. The Morgan fingerprint density at radius 3 is 2.36 bits per heavy atom. The first-order valence-corrected chi connectivity index (χ1v) is 9.37. The third-order valence-electron chi connectivity index (χ3n) is 6.06. The molecule has 3 aliphatic rings. The maximum Gasteiger partial charge on any atom is 0.265 e. The molecule has 1 aliphatic carbocycles. The minimum absolute atomic E-state index is 0.0901. The smallest absolute Gasteiger partial charge is 0.265 e. The topological polar surface area (TPSA) is 96.6 Å². The van der Waals surface area contributed by atoms with E-state index in [1.165, 1.54) is 11.3 Å². The van der Waals surface area contributed by atoms with E-state index in [1.54, 1.807) is 16.6 Å². The molecule has 25 heavy (non-hydrogen) atoms. The van der Waals surface area contributed by atoms with E-state index in [0.29, 0.717) is 31.1 Å². The first-order chi connectivity index (χ1) is 11.7. The van der Waals surface area contributed by atoms with Gasteiger partial charge >= 0.3 is 0 Å². The van der Waals surface area contributed by atoms with Crippen LogP contribution in [0.1, 0.15) is 29.9 Å². The standard InChI is InChI=1S/C17H22N4O3S/c1-16(2)3-10(16)14(23)21-7-17(8-21)6-20(5-11(17)13(18)22)15(24)12-4-19-9-25-12/h4,9-11H,3,5-8H2,1-2H3,(H2,18,22)/t10-,11?/m1/s1. The summed E-state index contributed by atoms with van der Waals surface area (Å²) in [5.41, 5.74) is 6.93. The lowest BCUT2D eigenvalue weighted by Gasteiger charge is -2.50. The summed E-state index contributed by atoms with van der Waals surface area (Å²) in [5.74, 6) is -0.642. The van der Waals surface area contributed by atoms with Crippen molar-refractivity contribution in [2.24, 2.45) is 28.4 Å². The molecule has 2 aliphatic heterocycles. The Kier molecular flexibility index (Phi) is 3.48. The molecule has 0 bridgehead atoms. The number of nitrogens with two attached hydrogens (primary N) is 1. The van der Waals surface area contributed by atoms with Crippen LogP contribution in [0.3, 0.4) is 0 Å². The summed E-state index contributed by atoms with van der Waals surface area (Å²) in [6, 6.07) is 0. The summed E-state index contributed by atoms with van der Waals surface area (Å²) in [7, 11) is 0. The second kappa shape index (κ2) is 5.27. The first-order valence-electron chi connectivity index (χ1n) is 8.49. The van der Waals surface area contributed by atoms with Gasteiger partial charge in [-0.05, 0) is 11.8 Å². The number of hydrogen-bond acceptors (Lipinski definition) is 5. The average molecular weight is 362 g/mol. The van der Waals surface area contributed by atoms with E-state index in [2.05, 4.69) is 18.8 Å². The Morgan fingerprint density at radius 1 is 1.20 bits per heavy atom. The molecule has 2 N–H and O–H groups in total. The third kappa shape index (κ3) is 2.54. The van der Waals surface area contributed by atoms with Crippen molar-refractivity contribution in [1.82, 2.24) is 14.8 Å². The molecule has 3 heterocycles. The summed E-state index contributed by atoms with van der Waals surface area (Å²) >= 11 is 1.29. The van der Waals surface area contributed by atoms with E-state index in [0.717, 1.165) is 6.42 Å². The zero-order valence-electron chi connectivity index (χ0n) is 14.4. The van der Waals surface area contributed by atoms with E-state index >= 15 is 0 Å². The molecule has 1 aromatic heterocycles. The van der Waals surface area contributed by atoms with Gasteiger partial charge in [0.2, 0.25) is 11.8 Å². The van der Waals surface area contributed by atoms with E-state index < -0.39 is 11.8 Å². The van der Waals surface area contributed by atoms with Crippen LogP contribution in [0.2, 0.25) is 0 Å².